The van der Waals surface area contributed by atoms with E-state index in [0.717, 1.165) is 59.9 Å². The molecule has 3 heterocycles. The van der Waals surface area contributed by atoms with Crippen molar-refractivity contribution in [1.29, 1.82) is 0 Å². The van der Waals surface area contributed by atoms with Gasteiger partial charge in [-0.15, -0.1) is 0 Å². The van der Waals surface area contributed by atoms with E-state index in [2.05, 4.69) is 29.2 Å². The molecule has 8 nitrogen and oxygen atoms in total. The van der Waals surface area contributed by atoms with Crippen LogP contribution < -0.4 is 10.2 Å². The average Bonchev–Trinajstić information content (AvgIpc) is 3.17. The molecule has 1 fully saturated rings. The van der Waals surface area contributed by atoms with E-state index in [4.69, 9.17) is 33.2 Å². The van der Waals surface area contributed by atoms with E-state index in [1.165, 1.54) is 0 Å². The third-order valence-corrected chi connectivity index (χ3v) is 7.12. The second-order valence-electron chi connectivity index (χ2n) is 9.93. The van der Waals surface area contributed by atoms with Crippen molar-refractivity contribution in [2.24, 2.45) is 5.92 Å². The van der Waals surface area contributed by atoms with Crippen LogP contribution in [-0.2, 0) is 6.42 Å². The summed E-state index contributed by atoms with van der Waals surface area (Å²) in [6, 6.07) is 14.6. The SMILES string of the molecule is CC(C)CCc1nc(N2CCCN(C(=O)Nc3ccc(Cl)cc3)CC2)c2cnn(-c3cccc(Cl)c3)c2n1. The molecule has 4 aromatic rings. The largest absolute Gasteiger partial charge is 0.354 e. The molecule has 1 aliphatic heterocycles. The van der Waals surface area contributed by atoms with Crippen LogP contribution in [0.1, 0.15) is 32.5 Å². The van der Waals surface area contributed by atoms with Crippen molar-refractivity contribution in [2.75, 3.05) is 36.4 Å². The highest BCUT2D eigenvalue weighted by Gasteiger charge is 2.24. The summed E-state index contributed by atoms with van der Waals surface area (Å²) < 4.78 is 1.83. The zero-order valence-electron chi connectivity index (χ0n) is 21.6. The maximum absolute atomic E-state index is 13.0. The highest BCUT2D eigenvalue weighted by Crippen LogP contribution is 2.28. The number of amides is 2. The van der Waals surface area contributed by atoms with Crippen LogP contribution in [-0.4, -0.2) is 56.9 Å². The maximum atomic E-state index is 13.0. The Labute approximate surface area is 232 Å². The number of hydrogen-bond acceptors (Lipinski definition) is 5. The van der Waals surface area contributed by atoms with Gasteiger partial charge in [0.05, 0.1) is 17.3 Å². The van der Waals surface area contributed by atoms with Crippen LogP contribution in [0.3, 0.4) is 0 Å². The van der Waals surface area contributed by atoms with Crippen molar-refractivity contribution in [3.8, 4) is 5.69 Å². The summed E-state index contributed by atoms with van der Waals surface area (Å²) in [4.78, 5) is 27.0. The van der Waals surface area contributed by atoms with E-state index in [9.17, 15) is 4.79 Å². The van der Waals surface area contributed by atoms with E-state index in [1.54, 1.807) is 24.3 Å². The van der Waals surface area contributed by atoms with Crippen LogP contribution >= 0.6 is 23.2 Å². The van der Waals surface area contributed by atoms with Gasteiger partial charge in [-0.3, -0.25) is 0 Å². The van der Waals surface area contributed by atoms with E-state index in [0.29, 0.717) is 35.6 Å². The lowest BCUT2D eigenvalue weighted by Gasteiger charge is -2.24. The van der Waals surface area contributed by atoms with Gasteiger partial charge in [-0.2, -0.15) is 5.10 Å². The highest BCUT2D eigenvalue weighted by atomic mass is 35.5. The van der Waals surface area contributed by atoms with Crippen LogP contribution in [0.4, 0.5) is 16.3 Å². The zero-order chi connectivity index (χ0) is 26.6. The predicted molar refractivity (Wildman–Crippen MR) is 154 cm³/mol. The number of aromatic nitrogens is 4. The van der Waals surface area contributed by atoms with Crippen molar-refractivity contribution in [3.05, 3.63) is 70.6 Å². The number of anilines is 2. The zero-order valence-corrected chi connectivity index (χ0v) is 23.1. The number of nitrogens with one attached hydrogen (secondary N) is 1. The van der Waals surface area contributed by atoms with Crippen molar-refractivity contribution < 1.29 is 4.79 Å². The van der Waals surface area contributed by atoms with Crippen LogP contribution in [0, 0.1) is 5.92 Å². The number of hydrogen-bond donors (Lipinski definition) is 1. The third-order valence-electron chi connectivity index (χ3n) is 6.63. The van der Waals surface area contributed by atoms with Crippen LogP contribution in [0.25, 0.3) is 16.7 Å². The molecule has 2 aromatic heterocycles. The summed E-state index contributed by atoms with van der Waals surface area (Å²) in [5.41, 5.74) is 2.34. The molecule has 10 heteroatoms. The molecule has 0 saturated carbocycles. The van der Waals surface area contributed by atoms with Gasteiger partial charge in [-0.1, -0.05) is 43.1 Å². The molecule has 1 saturated heterocycles. The average molecular weight is 553 g/mol. The predicted octanol–water partition coefficient (Wildman–Crippen LogP) is 6.46. The van der Waals surface area contributed by atoms with Crippen molar-refractivity contribution in [1.82, 2.24) is 24.6 Å². The smallest absolute Gasteiger partial charge is 0.321 e. The quantitative estimate of drug-likeness (QED) is 0.297. The van der Waals surface area contributed by atoms with Crippen molar-refractivity contribution in [2.45, 2.75) is 33.1 Å². The van der Waals surface area contributed by atoms with Gasteiger partial charge in [0.25, 0.3) is 0 Å². The normalized spacial score (nSPS) is 14.2. The van der Waals surface area contributed by atoms with Gasteiger partial charge < -0.3 is 15.1 Å². The summed E-state index contributed by atoms with van der Waals surface area (Å²) in [6.07, 6.45) is 4.43. The maximum Gasteiger partial charge on any atom is 0.321 e. The third kappa shape index (κ3) is 6.03. The van der Waals surface area contributed by atoms with Gasteiger partial charge in [-0.05, 0) is 61.2 Å². The first-order chi connectivity index (χ1) is 18.4. The number of nitrogens with zero attached hydrogens (tertiary/aromatic N) is 6. The number of carbonyl (C=O) groups is 1. The lowest BCUT2D eigenvalue weighted by atomic mass is 10.1. The summed E-state index contributed by atoms with van der Waals surface area (Å²) in [7, 11) is 0. The van der Waals surface area contributed by atoms with E-state index in [-0.39, 0.29) is 6.03 Å². The molecule has 1 aliphatic rings. The summed E-state index contributed by atoms with van der Waals surface area (Å²) in [5, 5.41) is 9.80. The van der Waals surface area contributed by atoms with Gasteiger partial charge >= 0.3 is 6.03 Å². The first-order valence-corrected chi connectivity index (χ1v) is 13.7. The molecule has 1 N–H and O–H groups in total. The molecule has 0 radical (unpaired) electrons. The molecule has 0 atom stereocenters. The fraction of sp³-hybridized carbons (Fsp3) is 0.357. The minimum absolute atomic E-state index is 0.117. The minimum atomic E-state index is -0.117. The number of aryl methyl sites for hydroxylation is 1. The standard InChI is InChI=1S/C28H31Cl2N7O/c1-19(2)7-12-25-33-26(24-18-31-37(27(24)34-25)23-6-3-5-21(30)17-23)35-13-4-14-36(16-15-35)28(38)32-22-10-8-20(29)9-11-22/h3,5-6,8-11,17-19H,4,7,12-16H2,1-2H3,(H,32,38). The molecule has 198 valence electrons. The van der Waals surface area contributed by atoms with E-state index in [1.807, 2.05) is 40.0 Å². The Balaban J connectivity index is 1.41. The Morgan fingerprint density at radius 3 is 2.58 bits per heavy atom. The summed E-state index contributed by atoms with van der Waals surface area (Å²) in [5.74, 6) is 2.20. The molecular formula is C28H31Cl2N7O. The Kier molecular flexibility index (Phi) is 8.00. The molecule has 38 heavy (non-hydrogen) atoms. The minimum Gasteiger partial charge on any atom is -0.354 e. The summed E-state index contributed by atoms with van der Waals surface area (Å²) >= 11 is 12.2. The second kappa shape index (κ2) is 11.6. The molecular weight excluding hydrogens is 521 g/mol. The first kappa shape index (κ1) is 26.3. The highest BCUT2D eigenvalue weighted by molar-refractivity contribution is 6.31. The van der Waals surface area contributed by atoms with Gasteiger partial charge in [0, 0.05) is 48.3 Å². The fourth-order valence-corrected chi connectivity index (χ4v) is 4.88. The Bertz CT molecular complexity index is 1420. The van der Waals surface area contributed by atoms with Gasteiger partial charge in [0.15, 0.2) is 5.65 Å². The van der Waals surface area contributed by atoms with Crippen LogP contribution in [0.2, 0.25) is 10.0 Å². The topological polar surface area (TPSA) is 79.2 Å². The summed E-state index contributed by atoms with van der Waals surface area (Å²) in [6.45, 7) is 7.08. The Morgan fingerprint density at radius 1 is 1.00 bits per heavy atom. The second-order valence-corrected chi connectivity index (χ2v) is 10.8. The Hall–Kier alpha value is -3.36. The lowest BCUT2D eigenvalue weighted by molar-refractivity contribution is 0.215. The van der Waals surface area contributed by atoms with E-state index < -0.39 is 0 Å². The molecule has 0 bridgehead atoms. The lowest BCUT2D eigenvalue weighted by Crippen LogP contribution is -2.38. The number of rotatable bonds is 6. The molecule has 2 amide bonds. The van der Waals surface area contributed by atoms with Gasteiger partial charge in [0.2, 0.25) is 0 Å². The number of halogens is 2. The van der Waals surface area contributed by atoms with Crippen molar-refractivity contribution >= 4 is 51.8 Å². The van der Waals surface area contributed by atoms with Crippen LogP contribution in [0.15, 0.2) is 54.7 Å². The number of urea groups is 1. The Morgan fingerprint density at radius 2 is 1.82 bits per heavy atom. The molecule has 0 spiro atoms. The number of carbonyl (C=O) groups excluding carboxylic acids is 1. The van der Waals surface area contributed by atoms with Crippen LogP contribution in [0.5, 0.6) is 0 Å². The molecule has 5 rings (SSSR count). The molecule has 2 aromatic carbocycles. The molecule has 0 aliphatic carbocycles. The monoisotopic (exact) mass is 551 g/mol. The van der Waals surface area contributed by atoms with Gasteiger partial charge in [0.1, 0.15) is 11.6 Å². The fourth-order valence-electron chi connectivity index (χ4n) is 4.57. The van der Waals surface area contributed by atoms with Gasteiger partial charge in [-0.25, -0.2) is 19.4 Å². The number of benzene rings is 2. The number of fused-ring (bicyclic) bond motifs is 1. The first-order valence-electron chi connectivity index (χ1n) is 12.9. The van der Waals surface area contributed by atoms with Crippen molar-refractivity contribution in [3.63, 3.8) is 0 Å². The molecule has 0 unspecified atom stereocenters. The van der Waals surface area contributed by atoms with E-state index >= 15 is 0 Å².